The van der Waals surface area contributed by atoms with E-state index in [0.29, 0.717) is 45.1 Å². The molecule has 0 aliphatic rings. The van der Waals surface area contributed by atoms with Gasteiger partial charge in [0.05, 0.1) is 19.7 Å². The van der Waals surface area contributed by atoms with Gasteiger partial charge in [0.25, 0.3) is 5.91 Å². The van der Waals surface area contributed by atoms with E-state index >= 15 is 4.39 Å². The fraction of sp³-hybridized carbons (Fsp3) is 0.138. The zero-order valence-corrected chi connectivity index (χ0v) is 21.8. The fourth-order valence-corrected chi connectivity index (χ4v) is 4.12. The van der Waals surface area contributed by atoms with Crippen molar-refractivity contribution >= 4 is 34.0 Å². The number of nitrogens with one attached hydrogen (secondary N) is 2. The third-order valence-corrected chi connectivity index (χ3v) is 5.97. The predicted octanol–water partition coefficient (Wildman–Crippen LogP) is 6.22. The summed E-state index contributed by atoms with van der Waals surface area (Å²) in [6, 6.07) is 17.0. The van der Waals surface area contributed by atoms with Crippen LogP contribution < -0.4 is 24.8 Å². The molecule has 2 N–H and O–H groups in total. The van der Waals surface area contributed by atoms with Crippen molar-refractivity contribution in [3.05, 3.63) is 90.0 Å². The Morgan fingerprint density at radius 1 is 0.923 bits per heavy atom. The van der Waals surface area contributed by atoms with Crippen molar-refractivity contribution < 1.29 is 23.4 Å². The van der Waals surface area contributed by atoms with E-state index in [1.165, 1.54) is 23.9 Å². The molecule has 2 aromatic heterocycles. The standard InChI is InChI=1S/C29H26FN5O4/c1-17-6-5-7-18(12-17)33-29(36)21-16-35(2)34-28(21)32-19-8-9-25(22(30)13-19)39-24-10-11-31-23-15-27(38-4)26(37-3)14-20(23)24/h5-16H,1-4H3,(H,32,34)(H,33,36). The Bertz CT molecular complexity index is 1680. The third kappa shape index (κ3) is 5.45. The van der Waals surface area contributed by atoms with E-state index in [1.807, 2.05) is 25.1 Å². The molecule has 2 heterocycles. The van der Waals surface area contributed by atoms with Gasteiger partial charge in [-0.15, -0.1) is 0 Å². The van der Waals surface area contributed by atoms with Crippen molar-refractivity contribution in [1.82, 2.24) is 14.8 Å². The number of aryl methyl sites for hydroxylation is 2. The zero-order valence-electron chi connectivity index (χ0n) is 21.8. The number of halogens is 1. The maximum Gasteiger partial charge on any atom is 0.261 e. The van der Waals surface area contributed by atoms with Crippen LogP contribution in [0.4, 0.5) is 21.6 Å². The van der Waals surface area contributed by atoms with Crippen LogP contribution in [0.3, 0.4) is 0 Å². The molecule has 9 nitrogen and oxygen atoms in total. The van der Waals surface area contributed by atoms with Gasteiger partial charge in [0, 0.05) is 48.3 Å². The van der Waals surface area contributed by atoms with Gasteiger partial charge in [-0.1, -0.05) is 12.1 Å². The highest BCUT2D eigenvalue weighted by molar-refractivity contribution is 6.07. The largest absolute Gasteiger partial charge is 0.493 e. The number of carbonyl (C=O) groups excluding carboxylic acids is 1. The van der Waals surface area contributed by atoms with Gasteiger partial charge in [0.2, 0.25) is 0 Å². The minimum atomic E-state index is -0.605. The van der Waals surface area contributed by atoms with Gasteiger partial charge < -0.3 is 24.8 Å². The number of hydrogen-bond donors (Lipinski definition) is 2. The number of ether oxygens (including phenoxy) is 3. The predicted molar refractivity (Wildman–Crippen MR) is 147 cm³/mol. The normalized spacial score (nSPS) is 10.8. The van der Waals surface area contributed by atoms with Crippen LogP contribution in [0.1, 0.15) is 15.9 Å². The molecule has 0 unspecified atom stereocenters. The Morgan fingerprint density at radius 2 is 1.72 bits per heavy atom. The van der Waals surface area contributed by atoms with E-state index in [9.17, 15) is 4.79 Å². The van der Waals surface area contributed by atoms with Crippen molar-refractivity contribution in [3.8, 4) is 23.0 Å². The topological polar surface area (TPSA) is 99.5 Å². The van der Waals surface area contributed by atoms with E-state index < -0.39 is 5.82 Å². The lowest BCUT2D eigenvalue weighted by Crippen LogP contribution is -2.13. The number of amides is 1. The quantitative estimate of drug-likeness (QED) is 0.247. The average molecular weight is 528 g/mol. The van der Waals surface area contributed by atoms with Crippen LogP contribution in [0.25, 0.3) is 10.9 Å². The van der Waals surface area contributed by atoms with Crippen LogP contribution in [0.15, 0.2) is 73.1 Å². The zero-order chi connectivity index (χ0) is 27.5. The monoisotopic (exact) mass is 527 g/mol. The number of pyridine rings is 1. The number of methoxy groups -OCH3 is 2. The number of aromatic nitrogens is 3. The Morgan fingerprint density at radius 3 is 2.46 bits per heavy atom. The number of rotatable bonds is 8. The first-order chi connectivity index (χ1) is 18.8. The second-order valence-electron chi connectivity index (χ2n) is 8.79. The molecular weight excluding hydrogens is 501 g/mol. The summed E-state index contributed by atoms with van der Waals surface area (Å²) in [6.45, 7) is 1.94. The Kier molecular flexibility index (Phi) is 7.00. The van der Waals surface area contributed by atoms with Crippen LogP contribution in [-0.2, 0) is 7.05 Å². The highest BCUT2D eigenvalue weighted by atomic mass is 19.1. The number of hydrogen-bond acceptors (Lipinski definition) is 7. The molecule has 39 heavy (non-hydrogen) atoms. The molecule has 0 spiro atoms. The summed E-state index contributed by atoms with van der Waals surface area (Å²) < 4.78 is 33.3. The first kappa shape index (κ1) is 25.5. The molecule has 5 aromatic rings. The van der Waals surface area contributed by atoms with E-state index in [1.54, 1.807) is 56.9 Å². The molecule has 198 valence electrons. The summed E-state index contributed by atoms with van der Waals surface area (Å²) in [5, 5.41) is 10.9. The lowest BCUT2D eigenvalue weighted by molar-refractivity contribution is 0.102. The Hall–Kier alpha value is -5.12. The smallest absolute Gasteiger partial charge is 0.261 e. The summed E-state index contributed by atoms with van der Waals surface area (Å²) in [5.41, 5.74) is 3.01. The van der Waals surface area contributed by atoms with Crippen LogP contribution in [0, 0.1) is 12.7 Å². The average Bonchev–Trinajstić information content (AvgIpc) is 3.29. The molecule has 0 aliphatic heterocycles. The summed E-state index contributed by atoms with van der Waals surface area (Å²) in [5.74, 6) is 0.789. The molecule has 3 aromatic carbocycles. The third-order valence-electron chi connectivity index (χ3n) is 5.97. The first-order valence-electron chi connectivity index (χ1n) is 12.0. The second-order valence-corrected chi connectivity index (χ2v) is 8.79. The van der Waals surface area contributed by atoms with Crippen LogP contribution in [-0.4, -0.2) is 34.9 Å². The molecular formula is C29H26FN5O4. The van der Waals surface area contributed by atoms with Gasteiger partial charge in [0.1, 0.15) is 11.3 Å². The van der Waals surface area contributed by atoms with E-state index in [-0.39, 0.29) is 17.5 Å². The van der Waals surface area contributed by atoms with Crippen LogP contribution >= 0.6 is 0 Å². The molecule has 0 saturated carbocycles. The van der Waals surface area contributed by atoms with Crippen molar-refractivity contribution in [3.63, 3.8) is 0 Å². The highest BCUT2D eigenvalue weighted by Gasteiger charge is 2.18. The molecule has 10 heteroatoms. The van der Waals surface area contributed by atoms with Gasteiger partial charge >= 0.3 is 0 Å². The second kappa shape index (κ2) is 10.7. The minimum absolute atomic E-state index is 0.0151. The van der Waals surface area contributed by atoms with Gasteiger partial charge in [-0.05, 0) is 48.9 Å². The minimum Gasteiger partial charge on any atom is -0.493 e. The molecule has 0 atom stereocenters. The van der Waals surface area contributed by atoms with E-state index in [4.69, 9.17) is 14.2 Å². The van der Waals surface area contributed by atoms with Crippen molar-refractivity contribution in [2.24, 2.45) is 7.05 Å². The lowest BCUT2D eigenvalue weighted by Gasteiger charge is -2.13. The Labute approximate surface area is 224 Å². The molecule has 5 rings (SSSR count). The van der Waals surface area contributed by atoms with Gasteiger partial charge in [-0.25, -0.2) is 4.39 Å². The number of carbonyl (C=O) groups is 1. The Balaban J connectivity index is 1.37. The molecule has 0 bridgehead atoms. The SMILES string of the molecule is COc1cc2nccc(Oc3ccc(Nc4nn(C)cc4C(=O)Nc4cccc(C)c4)cc3F)c2cc1OC. The van der Waals surface area contributed by atoms with Gasteiger partial charge in [0.15, 0.2) is 28.9 Å². The van der Waals surface area contributed by atoms with E-state index in [2.05, 4.69) is 20.7 Å². The first-order valence-corrected chi connectivity index (χ1v) is 12.0. The summed E-state index contributed by atoms with van der Waals surface area (Å²) in [4.78, 5) is 17.3. The summed E-state index contributed by atoms with van der Waals surface area (Å²) >= 11 is 0. The molecule has 0 saturated heterocycles. The number of benzene rings is 3. The van der Waals surface area contributed by atoms with Gasteiger partial charge in [-0.3, -0.25) is 14.5 Å². The molecule has 0 fully saturated rings. The van der Waals surface area contributed by atoms with Crippen LogP contribution in [0.2, 0.25) is 0 Å². The highest BCUT2D eigenvalue weighted by Crippen LogP contribution is 2.37. The number of anilines is 3. The molecule has 1 amide bonds. The maximum absolute atomic E-state index is 15.2. The summed E-state index contributed by atoms with van der Waals surface area (Å²) in [7, 11) is 4.78. The van der Waals surface area contributed by atoms with Crippen LogP contribution in [0.5, 0.6) is 23.0 Å². The number of nitrogens with zero attached hydrogens (tertiary/aromatic N) is 3. The lowest BCUT2D eigenvalue weighted by atomic mass is 10.1. The van der Waals surface area contributed by atoms with Crippen molar-refractivity contribution in [1.29, 1.82) is 0 Å². The summed E-state index contributed by atoms with van der Waals surface area (Å²) in [6.07, 6.45) is 3.17. The van der Waals surface area contributed by atoms with E-state index in [0.717, 1.165) is 5.56 Å². The van der Waals surface area contributed by atoms with Crippen molar-refractivity contribution in [2.75, 3.05) is 24.9 Å². The number of fused-ring (bicyclic) bond motifs is 1. The van der Waals surface area contributed by atoms with Gasteiger partial charge in [-0.2, -0.15) is 5.10 Å². The molecule has 0 aliphatic carbocycles. The maximum atomic E-state index is 15.2. The van der Waals surface area contributed by atoms with Crippen molar-refractivity contribution in [2.45, 2.75) is 6.92 Å². The fourth-order valence-electron chi connectivity index (χ4n) is 4.12. The molecule has 0 radical (unpaired) electrons.